The number of aromatic nitrogens is 2. The van der Waals surface area contributed by atoms with Crippen molar-refractivity contribution in [3.05, 3.63) is 39.3 Å². The van der Waals surface area contributed by atoms with Crippen LogP contribution in [0, 0.1) is 13.8 Å². The molecule has 0 unspecified atom stereocenters. The lowest BCUT2D eigenvalue weighted by molar-refractivity contribution is 0.0953. The number of thiophene rings is 1. The van der Waals surface area contributed by atoms with Crippen LogP contribution in [0.3, 0.4) is 0 Å². The number of amides is 1. The van der Waals surface area contributed by atoms with Crippen LogP contribution in [0.4, 0.5) is 0 Å². The van der Waals surface area contributed by atoms with Crippen LogP contribution in [-0.4, -0.2) is 22.2 Å². The first-order chi connectivity index (χ1) is 8.59. The van der Waals surface area contributed by atoms with Gasteiger partial charge in [-0.3, -0.25) is 9.48 Å². The zero-order chi connectivity index (χ0) is 13.1. The van der Waals surface area contributed by atoms with E-state index in [1.165, 1.54) is 5.56 Å². The molecule has 0 spiro atoms. The Hall–Kier alpha value is -1.62. The lowest BCUT2D eigenvalue weighted by Gasteiger charge is -2.04. The fourth-order valence-electron chi connectivity index (χ4n) is 1.95. The summed E-state index contributed by atoms with van der Waals surface area (Å²) in [7, 11) is 1.85. The first-order valence-electron chi connectivity index (χ1n) is 5.89. The van der Waals surface area contributed by atoms with Gasteiger partial charge in [0.1, 0.15) is 0 Å². The van der Waals surface area contributed by atoms with Gasteiger partial charge in [-0.1, -0.05) is 0 Å². The maximum absolute atomic E-state index is 12.1. The van der Waals surface area contributed by atoms with Crippen molar-refractivity contribution in [2.75, 3.05) is 6.54 Å². The molecule has 5 heteroatoms. The minimum absolute atomic E-state index is 0.0340. The number of carbonyl (C=O) groups is 1. The number of rotatable bonds is 4. The molecule has 2 heterocycles. The molecule has 0 atom stereocenters. The molecule has 0 saturated heterocycles. The summed E-state index contributed by atoms with van der Waals surface area (Å²) in [6.45, 7) is 4.43. The molecular weight excluding hydrogens is 246 g/mol. The maximum atomic E-state index is 12.1. The molecule has 2 aromatic heterocycles. The van der Waals surface area contributed by atoms with E-state index in [4.69, 9.17) is 0 Å². The molecule has 1 N–H and O–H groups in total. The molecule has 0 saturated carbocycles. The Morgan fingerprint density at radius 2 is 2.28 bits per heavy atom. The van der Waals surface area contributed by atoms with Gasteiger partial charge in [-0.05, 0) is 42.7 Å². The Morgan fingerprint density at radius 3 is 2.83 bits per heavy atom. The molecule has 2 aromatic rings. The monoisotopic (exact) mass is 263 g/mol. The molecule has 0 fully saturated rings. The molecule has 0 radical (unpaired) electrons. The summed E-state index contributed by atoms with van der Waals surface area (Å²) in [5.41, 5.74) is 3.64. The summed E-state index contributed by atoms with van der Waals surface area (Å²) in [5.74, 6) is -0.0340. The Balaban J connectivity index is 1.95. The fourth-order valence-corrected chi connectivity index (χ4v) is 2.65. The number of hydrogen-bond donors (Lipinski definition) is 1. The van der Waals surface area contributed by atoms with Crippen molar-refractivity contribution in [2.24, 2.45) is 7.05 Å². The number of nitrogens with zero attached hydrogens (tertiary/aromatic N) is 2. The zero-order valence-electron chi connectivity index (χ0n) is 10.9. The predicted octanol–water partition coefficient (Wildman–Crippen LogP) is 2.07. The van der Waals surface area contributed by atoms with Crippen LogP contribution in [0.15, 0.2) is 16.8 Å². The van der Waals surface area contributed by atoms with Crippen LogP contribution >= 0.6 is 11.3 Å². The molecular formula is C13H17N3OS. The van der Waals surface area contributed by atoms with E-state index < -0.39 is 0 Å². The van der Waals surface area contributed by atoms with E-state index in [2.05, 4.69) is 21.9 Å². The normalized spacial score (nSPS) is 10.6. The van der Waals surface area contributed by atoms with Gasteiger partial charge in [0.05, 0.1) is 11.3 Å². The second-order valence-corrected chi connectivity index (χ2v) is 5.09. The standard InChI is InChI=1S/C13H17N3OS/c1-9-12(10(2)16(3)15-9)13(17)14-6-4-11-5-7-18-8-11/h5,7-8H,4,6H2,1-3H3,(H,14,17). The van der Waals surface area contributed by atoms with E-state index in [1.807, 2.05) is 26.3 Å². The largest absolute Gasteiger partial charge is 0.352 e. The van der Waals surface area contributed by atoms with Gasteiger partial charge in [0.15, 0.2) is 0 Å². The lowest BCUT2D eigenvalue weighted by atomic mass is 10.2. The van der Waals surface area contributed by atoms with Crippen LogP contribution in [0.5, 0.6) is 0 Å². The van der Waals surface area contributed by atoms with Gasteiger partial charge in [0.25, 0.3) is 5.91 Å². The number of carbonyl (C=O) groups excluding carboxylic acids is 1. The minimum atomic E-state index is -0.0340. The van der Waals surface area contributed by atoms with E-state index >= 15 is 0 Å². The van der Waals surface area contributed by atoms with Crippen LogP contribution in [-0.2, 0) is 13.5 Å². The van der Waals surface area contributed by atoms with Crippen LogP contribution < -0.4 is 5.32 Å². The number of hydrogen-bond acceptors (Lipinski definition) is 3. The third kappa shape index (κ3) is 2.61. The Kier molecular flexibility index (Phi) is 3.81. The van der Waals surface area contributed by atoms with Crippen LogP contribution in [0.25, 0.3) is 0 Å². The van der Waals surface area contributed by atoms with E-state index in [0.717, 1.165) is 17.8 Å². The molecule has 4 nitrogen and oxygen atoms in total. The first-order valence-corrected chi connectivity index (χ1v) is 6.83. The van der Waals surface area contributed by atoms with Crippen molar-refractivity contribution in [1.82, 2.24) is 15.1 Å². The summed E-state index contributed by atoms with van der Waals surface area (Å²) in [5, 5.41) is 11.3. The third-order valence-electron chi connectivity index (χ3n) is 3.02. The average Bonchev–Trinajstić information content (AvgIpc) is 2.89. The summed E-state index contributed by atoms with van der Waals surface area (Å²) >= 11 is 1.68. The Bertz CT molecular complexity index is 543. The van der Waals surface area contributed by atoms with Gasteiger partial charge in [-0.2, -0.15) is 16.4 Å². The molecule has 1 amide bonds. The zero-order valence-corrected chi connectivity index (χ0v) is 11.7. The predicted molar refractivity (Wildman–Crippen MR) is 73.0 cm³/mol. The van der Waals surface area contributed by atoms with Gasteiger partial charge in [-0.15, -0.1) is 0 Å². The van der Waals surface area contributed by atoms with Gasteiger partial charge in [0, 0.05) is 19.3 Å². The second kappa shape index (κ2) is 5.35. The maximum Gasteiger partial charge on any atom is 0.255 e. The SMILES string of the molecule is Cc1nn(C)c(C)c1C(=O)NCCc1ccsc1. The van der Waals surface area contributed by atoms with Crippen molar-refractivity contribution < 1.29 is 4.79 Å². The van der Waals surface area contributed by atoms with Gasteiger partial charge < -0.3 is 5.32 Å². The molecule has 2 rings (SSSR count). The molecule has 0 bridgehead atoms. The molecule has 18 heavy (non-hydrogen) atoms. The molecule has 0 aromatic carbocycles. The molecule has 0 aliphatic heterocycles. The van der Waals surface area contributed by atoms with Gasteiger partial charge >= 0.3 is 0 Å². The third-order valence-corrected chi connectivity index (χ3v) is 3.75. The molecule has 0 aliphatic carbocycles. The Labute approximate surface area is 111 Å². The average molecular weight is 263 g/mol. The van der Waals surface area contributed by atoms with Gasteiger partial charge in [-0.25, -0.2) is 0 Å². The highest BCUT2D eigenvalue weighted by Gasteiger charge is 2.16. The van der Waals surface area contributed by atoms with Gasteiger partial charge in [0.2, 0.25) is 0 Å². The Morgan fingerprint density at radius 1 is 1.50 bits per heavy atom. The molecule has 96 valence electrons. The quantitative estimate of drug-likeness (QED) is 0.918. The van der Waals surface area contributed by atoms with Crippen molar-refractivity contribution in [3.8, 4) is 0 Å². The highest BCUT2D eigenvalue weighted by Crippen LogP contribution is 2.11. The summed E-state index contributed by atoms with van der Waals surface area (Å²) in [6.07, 6.45) is 0.869. The smallest absolute Gasteiger partial charge is 0.255 e. The van der Waals surface area contributed by atoms with Crippen molar-refractivity contribution in [1.29, 1.82) is 0 Å². The van der Waals surface area contributed by atoms with Crippen molar-refractivity contribution in [3.63, 3.8) is 0 Å². The summed E-state index contributed by atoms with van der Waals surface area (Å²) in [4.78, 5) is 12.1. The number of nitrogens with one attached hydrogen (secondary N) is 1. The van der Waals surface area contributed by atoms with E-state index in [1.54, 1.807) is 16.0 Å². The summed E-state index contributed by atoms with van der Waals surface area (Å²) in [6, 6.07) is 2.08. The van der Waals surface area contributed by atoms with E-state index in [-0.39, 0.29) is 5.91 Å². The fraction of sp³-hybridized carbons (Fsp3) is 0.385. The lowest BCUT2D eigenvalue weighted by Crippen LogP contribution is -2.26. The summed E-state index contributed by atoms with van der Waals surface area (Å²) < 4.78 is 1.74. The van der Waals surface area contributed by atoms with Crippen LogP contribution in [0.1, 0.15) is 27.3 Å². The van der Waals surface area contributed by atoms with Crippen molar-refractivity contribution >= 4 is 17.2 Å². The highest BCUT2D eigenvalue weighted by atomic mass is 32.1. The van der Waals surface area contributed by atoms with E-state index in [9.17, 15) is 4.79 Å². The molecule has 0 aliphatic rings. The van der Waals surface area contributed by atoms with Crippen molar-refractivity contribution in [2.45, 2.75) is 20.3 Å². The number of aryl methyl sites for hydroxylation is 2. The van der Waals surface area contributed by atoms with Crippen LogP contribution in [0.2, 0.25) is 0 Å². The highest BCUT2D eigenvalue weighted by molar-refractivity contribution is 7.07. The second-order valence-electron chi connectivity index (χ2n) is 4.31. The topological polar surface area (TPSA) is 46.9 Å². The minimum Gasteiger partial charge on any atom is -0.352 e. The van der Waals surface area contributed by atoms with E-state index in [0.29, 0.717) is 12.1 Å². The first kappa shape index (κ1) is 12.8.